The molecule has 1 unspecified atom stereocenters. The fraction of sp³-hybridized carbons (Fsp3) is 0.500. The molecule has 1 aliphatic rings. The van der Waals surface area contributed by atoms with Gasteiger partial charge in [0.2, 0.25) is 0 Å². The summed E-state index contributed by atoms with van der Waals surface area (Å²) in [5.74, 6) is 0.276. The molecular formula is C12H18N2O2. The highest BCUT2D eigenvalue weighted by Gasteiger charge is 2.24. The highest BCUT2D eigenvalue weighted by atomic mass is 16.3. The number of aromatic hydroxyl groups is 1. The van der Waals surface area contributed by atoms with Crippen LogP contribution in [0.5, 0.6) is 5.75 Å². The number of aliphatic hydroxyl groups excluding tert-OH is 1. The number of hydrogen-bond donors (Lipinski definition) is 3. The molecule has 1 aromatic rings. The summed E-state index contributed by atoms with van der Waals surface area (Å²) in [5, 5.41) is 18.9. The average Bonchev–Trinajstić information content (AvgIpc) is 2.71. The largest absolute Gasteiger partial charge is 0.508 e. The van der Waals surface area contributed by atoms with E-state index >= 15 is 0 Å². The summed E-state index contributed by atoms with van der Waals surface area (Å²) < 4.78 is 0. The first-order valence-electron chi connectivity index (χ1n) is 5.63. The van der Waals surface area contributed by atoms with E-state index in [1.165, 1.54) is 0 Å². The fourth-order valence-corrected chi connectivity index (χ4v) is 2.26. The summed E-state index contributed by atoms with van der Waals surface area (Å²) in [6, 6.07) is 5.32. The third-order valence-corrected chi connectivity index (χ3v) is 3.19. The average molecular weight is 222 g/mol. The van der Waals surface area contributed by atoms with Crippen LogP contribution in [0.25, 0.3) is 0 Å². The normalized spacial score (nSPS) is 21.4. The quantitative estimate of drug-likeness (QED) is 0.525. The predicted molar refractivity (Wildman–Crippen MR) is 63.0 cm³/mol. The topological polar surface area (TPSA) is 69.7 Å². The number of phenols is 1. The van der Waals surface area contributed by atoms with Crippen LogP contribution in [0.3, 0.4) is 0 Å². The van der Waals surface area contributed by atoms with E-state index in [0.717, 1.165) is 24.9 Å². The van der Waals surface area contributed by atoms with Crippen LogP contribution >= 0.6 is 0 Å². The number of aliphatic hydroxyl groups is 1. The van der Waals surface area contributed by atoms with Crippen LogP contribution in [0.15, 0.2) is 18.2 Å². The molecule has 4 nitrogen and oxygen atoms in total. The van der Waals surface area contributed by atoms with Gasteiger partial charge in [0.05, 0.1) is 6.61 Å². The summed E-state index contributed by atoms with van der Waals surface area (Å²) in [6.45, 7) is 1.81. The maximum absolute atomic E-state index is 9.71. The van der Waals surface area contributed by atoms with Gasteiger partial charge in [-0.25, -0.2) is 0 Å². The first kappa shape index (κ1) is 11.2. The number of rotatable bonds is 3. The van der Waals surface area contributed by atoms with E-state index in [-0.39, 0.29) is 18.4 Å². The van der Waals surface area contributed by atoms with Gasteiger partial charge in [0.25, 0.3) is 0 Å². The van der Waals surface area contributed by atoms with Crippen molar-refractivity contribution in [1.82, 2.24) is 4.90 Å². The molecule has 1 saturated heterocycles. The molecule has 1 fully saturated rings. The maximum Gasteiger partial charge on any atom is 0.120 e. The lowest BCUT2D eigenvalue weighted by molar-refractivity contribution is 0.152. The van der Waals surface area contributed by atoms with E-state index in [1.807, 2.05) is 0 Å². The third-order valence-electron chi connectivity index (χ3n) is 3.19. The lowest BCUT2D eigenvalue weighted by Gasteiger charge is -2.23. The molecule has 0 saturated carbocycles. The molecular weight excluding hydrogens is 204 g/mol. The molecule has 88 valence electrons. The highest BCUT2D eigenvalue weighted by molar-refractivity contribution is 5.47. The van der Waals surface area contributed by atoms with Crippen molar-refractivity contribution in [3.63, 3.8) is 0 Å². The Morgan fingerprint density at radius 2 is 2.25 bits per heavy atom. The lowest BCUT2D eigenvalue weighted by Crippen LogP contribution is -2.31. The van der Waals surface area contributed by atoms with Crippen molar-refractivity contribution in [2.75, 3.05) is 18.9 Å². The number of benzene rings is 1. The Kier molecular flexibility index (Phi) is 3.31. The van der Waals surface area contributed by atoms with Gasteiger partial charge in [0.1, 0.15) is 5.75 Å². The van der Waals surface area contributed by atoms with Gasteiger partial charge in [-0.2, -0.15) is 0 Å². The zero-order valence-electron chi connectivity index (χ0n) is 9.26. The van der Waals surface area contributed by atoms with Gasteiger partial charge < -0.3 is 15.9 Å². The van der Waals surface area contributed by atoms with E-state index < -0.39 is 0 Å². The second kappa shape index (κ2) is 4.72. The Morgan fingerprint density at radius 3 is 3.00 bits per heavy atom. The summed E-state index contributed by atoms with van der Waals surface area (Å²) in [5.41, 5.74) is 7.18. The zero-order chi connectivity index (χ0) is 11.5. The predicted octanol–water partition coefficient (Wildman–Crippen LogP) is 0.931. The Labute approximate surface area is 95.3 Å². The molecule has 0 amide bonds. The van der Waals surface area contributed by atoms with Crippen molar-refractivity contribution in [3.05, 3.63) is 23.8 Å². The van der Waals surface area contributed by atoms with Crippen LogP contribution in [-0.4, -0.2) is 34.3 Å². The van der Waals surface area contributed by atoms with Crippen LogP contribution < -0.4 is 5.73 Å². The van der Waals surface area contributed by atoms with Gasteiger partial charge in [0, 0.05) is 23.8 Å². The smallest absolute Gasteiger partial charge is 0.120 e. The standard InChI is InChI=1S/C12H18N2O2/c13-10-3-4-12(16)9(6-10)7-14-5-1-2-11(14)8-15/h3-4,6,11,15-16H,1-2,5,7-8,13H2. The number of nitrogen functional groups attached to an aromatic ring is 1. The van der Waals surface area contributed by atoms with Gasteiger partial charge in [-0.3, -0.25) is 4.90 Å². The van der Waals surface area contributed by atoms with Gasteiger partial charge >= 0.3 is 0 Å². The Morgan fingerprint density at radius 1 is 1.44 bits per heavy atom. The molecule has 0 spiro atoms. The monoisotopic (exact) mass is 222 g/mol. The minimum absolute atomic E-state index is 0.184. The first-order chi connectivity index (χ1) is 7.70. The molecule has 2 rings (SSSR count). The van der Waals surface area contributed by atoms with E-state index in [2.05, 4.69) is 4.90 Å². The molecule has 16 heavy (non-hydrogen) atoms. The van der Waals surface area contributed by atoms with E-state index in [4.69, 9.17) is 5.73 Å². The molecule has 0 radical (unpaired) electrons. The maximum atomic E-state index is 9.71. The van der Waals surface area contributed by atoms with Crippen molar-refractivity contribution < 1.29 is 10.2 Å². The van der Waals surface area contributed by atoms with Crippen LogP contribution in [0.2, 0.25) is 0 Å². The van der Waals surface area contributed by atoms with E-state index in [1.54, 1.807) is 18.2 Å². The van der Waals surface area contributed by atoms with Crippen molar-refractivity contribution >= 4 is 5.69 Å². The summed E-state index contributed by atoms with van der Waals surface area (Å²) in [6.07, 6.45) is 2.13. The van der Waals surface area contributed by atoms with Gasteiger partial charge in [-0.15, -0.1) is 0 Å². The number of nitrogens with zero attached hydrogens (tertiary/aromatic N) is 1. The summed E-state index contributed by atoms with van der Waals surface area (Å²) >= 11 is 0. The van der Waals surface area contributed by atoms with Crippen LogP contribution in [0.1, 0.15) is 18.4 Å². The minimum Gasteiger partial charge on any atom is -0.508 e. The molecule has 0 aromatic heterocycles. The van der Waals surface area contributed by atoms with Crippen molar-refractivity contribution in [1.29, 1.82) is 0 Å². The number of likely N-dealkylation sites (tertiary alicyclic amines) is 1. The van der Waals surface area contributed by atoms with Gasteiger partial charge in [-0.05, 0) is 37.6 Å². The highest BCUT2D eigenvalue weighted by Crippen LogP contribution is 2.25. The van der Waals surface area contributed by atoms with Crippen LogP contribution in [0, 0.1) is 0 Å². The molecule has 0 bridgehead atoms. The van der Waals surface area contributed by atoms with Gasteiger partial charge in [0.15, 0.2) is 0 Å². The molecule has 0 aliphatic carbocycles. The van der Waals surface area contributed by atoms with E-state index in [9.17, 15) is 10.2 Å². The number of hydrogen-bond acceptors (Lipinski definition) is 4. The molecule has 1 atom stereocenters. The Balaban J connectivity index is 2.11. The van der Waals surface area contributed by atoms with Gasteiger partial charge in [-0.1, -0.05) is 0 Å². The first-order valence-corrected chi connectivity index (χ1v) is 5.63. The van der Waals surface area contributed by atoms with Crippen LogP contribution in [-0.2, 0) is 6.54 Å². The zero-order valence-corrected chi connectivity index (χ0v) is 9.26. The van der Waals surface area contributed by atoms with Crippen molar-refractivity contribution in [3.8, 4) is 5.75 Å². The third kappa shape index (κ3) is 2.28. The minimum atomic E-state index is 0.184. The van der Waals surface area contributed by atoms with E-state index in [0.29, 0.717) is 12.2 Å². The summed E-state index contributed by atoms with van der Waals surface area (Å²) in [4.78, 5) is 2.19. The number of nitrogens with two attached hydrogens (primary N) is 1. The molecule has 1 aromatic carbocycles. The molecule has 4 heteroatoms. The summed E-state index contributed by atoms with van der Waals surface area (Å²) in [7, 11) is 0. The Bertz CT molecular complexity index is 368. The molecule has 4 N–H and O–H groups in total. The number of phenolic OH excluding ortho intramolecular Hbond substituents is 1. The lowest BCUT2D eigenvalue weighted by atomic mass is 10.1. The number of anilines is 1. The second-order valence-electron chi connectivity index (χ2n) is 4.34. The van der Waals surface area contributed by atoms with Crippen LogP contribution in [0.4, 0.5) is 5.69 Å². The SMILES string of the molecule is Nc1ccc(O)c(CN2CCCC2CO)c1. The molecule has 1 aliphatic heterocycles. The van der Waals surface area contributed by atoms with Crippen molar-refractivity contribution in [2.24, 2.45) is 0 Å². The fourth-order valence-electron chi connectivity index (χ4n) is 2.26. The second-order valence-corrected chi connectivity index (χ2v) is 4.34. The van der Waals surface area contributed by atoms with Crippen molar-refractivity contribution in [2.45, 2.75) is 25.4 Å². The Hall–Kier alpha value is -1.26. The molecule has 1 heterocycles.